The van der Waals surface area contributed by atoms with Gasteiger partial charge in [0.2, 0.25) is 0 Å². The van der Waals surface area contributed by atoms with Crippen molar-refractivity contribution in [2.24, 2.45) is 0 Å². The van der Waals surface area contributed by atoms with Gasteiger partial charge in [0.15, 0.2) is 0 Å². The van der Waals surface area contributed by atoms with Crippen molar-refractivity contribution in [1.82, 2.24) is 0 Å². The monoisotopic (exact) mass is 654 g/mol. The molecule has 39 heavy (non-hydrogen) atoms. The number of unbranched alkanes of at least 4 members (excludes halogenated alkanes) is 16. The number of hydrogen-bond acceptors (Lipinski definition) is 4. The Morgan fingerprint density at radius 3 is 1.44 bits per heavy atom. The molecule has 0 bridgehead atoms. The Morgan fingerprint density at radius 2 is 1.00 bits per heavy atom. The predicted molar refractivity (Wildman–Crippen MR) is 170 cm³/mol. The number of hydrogen-bond donors (Lipinski definition) is 0. The van der Waals surface area contributed by atoms with Crippen LogP contribution in [0.25, 0.3) is 0 Å². The van der Waals surface area contributed by atoms with Crippen molar-refractivity contribution in [2.75, 3.05) is 0 Å². The number of esters is 2. The van der Waals surface area contributed by atoms with E-state index in [1.165, 1.54) is 89.9 Å². The van der Waals surface area contributed by atoms with E-state index in [-0.39, 0.29) is 24.1 Å². The molecule has 1 aromatic carbocycles. The van der Waals surface area contributed by atoms with E-state index < -0.39 is 0 Å². The lowest BCUT2D eigenvalue weighted by Crippen LogP contribution is -2.22. The van der Waals surface area contributed by atoms with Gasteiger partial charge in [-0.1, -0.05) is 123 Å². The highest BCUT2D eigenvalue weighted by Crippen LogP contribution is 2.41. The molecule has 222 valence electrons. The number of fused-ring (bicyclic) bond motifs is 1. The highest BCUT2D eigenvalue weighted by molar-refractivity contribution is 14.1. The fraction of sp³-hybridized carbons (Fsp3) is 0.765. The lowest BCUT2D eigenvalue weighted by atomic mass is 9.87. The van der Waals surface area contributed by atoms with Crippen molar-refractivity contribution in [2.45, 2.75) is 167 Å². The Bertz CT molecular complexity index is 808. The zero-order chi connectivity index (χ0) is 28.1. The van der Waals surface area contributed by atoms with Gasteiger partial charge in [0.05, 0.1) is 0 Å². The summed E-state index contributed by atoms with van der Waals surface area (Å²) in [7, 11) is 0. The van der Waals surface area contributed by atoms with Crippen LogP contribution in [0.2, 0.25) is 0 Å². The van der Waals surface area contributed by atoms with Crippen LogP contribution < -0.4 is 0 Å². The first kappa shape index (κ1) is 34.1. The van der Waals surface area contributed by atoms with Crippen molar-refractivity contribution >= 4 is 34.5 Å². The first-order chi connectivity index (χ1) is 19.0. The van der Waals surface area contributed by atoms with Gasteiger partial charge < -0.3 is 9.47 Å². The van der Waals surface area contributed by atoms with Gasteiger partial charge in [-0.25, -0.2) is 0 Å². The van der Waals surface area contributed by atoms with E-state index in [0.29, 0.717) is 25.7 Å². The molecule has 2 unspecified atom stereocenters. The molecule has 4 nitrogen and oxygen atoms in total. The second-order valence-corrected chi connectivity index (χ2v) is 12.7. The van der Waals surface area contributed by atoms with Gasteiger partial charge in [0.25, 0.3) is 0 Å². The minimum atomic E-state index is -0.243. The van der Waals surface area contributed by atoms with Crippen LogP contribution >= 0.6 is 22.6 Å². The molecule has 1 aliphatic rings. The number of carbonyl (C=O) groups excluding carboxylic acids is 2. The molecule has 0 saturated carbocycles. The molecule has 0 spiro atoms. The first-order valence-corrected chi connectivity index (χ1v) is 17.3. The van der Waals surface area contributed by atoms with Gasteiger partial charge in [-0.15, -0.1) is 0 Å². The molecule has 5 heteroatoms. The van der Waals surface area contributed by atoms with Crippen molar-refractivity contribution in [3.8, 4) is 0 Å². The summed E-state index contributed by atoms with van der Waals surface area (Å²) in [5.74, 6) is -0.207. The van der Waals surface area contributed by atoms with Crippen LogP contribution in [0.5, 0.6) is 0 Å². The third-order valence-electron chi connectivity index (χ3n) is 7.95. The molecule has 0 aromatic heterocycles. The Balaban J connectivity index is 1.70. The van der Waals surface area contributed by atoms with Gasteiger partial charge in [-0.3, -0.25) is 9.59 Å². The zero-order valence-corrected chi connectivity index (χ0v) is 27.1. The van der Waals surface area contributed by atoms with E-state index in [9.17, 15) is 9.59 Å². The largest absolute Gasteiger partial charge is 0.457 e. The smallest absolute Gasteiger partial charge is 0.306 e. The van der Waals surface area contributed by atoms with Crippen LogP contribution in [0.15, 0.2) is 18.2 Å². The lowest BCUT2D eigenvalue weighted by Gasteiger charge is -2.31. The van der Waals surface area contributed by atoms with Crippen LogP contribution in [-0.4, -0.2) is 11.9 Å². The summed E-state index contributed by atoms with van der Waals surface area (Å²) in [6.45, 7) is 4.50. The molecule has 0 fully saturated rings. The fourth-order valence-corrected chi connectivity index (χ4v) is 6.09. The predicted octanol–water partition coefficient (Wildman–Crippen LogP) is 11.1. The number of ether oxygens (including phenoxy) is 2. The second kappa shape index (κ2) is 21.6. The molecule has 2 atom stereocenters. The molecule has 0 aliphatic heterocycles. The molecule has 0 radical (unpaired) electrons. The summed E-state index contributed by atoms with van der Waals surface area (Å²) >= 11 is 2.30. The third kappa shape index (κ3) is 14.9. The zero-order valence-electron chi connectivity index (χ0n) is 25.0. The Morgan fingerprint density at radius 1 is 0.615 bits per heavy atom. The minimum Gasteiger partial charge on any atom is -0.457 e. The summed E-state index contributed by atoms with van der Waals surface area (Å²) in [5.41, 5.74) is 2.01. The lowest BCUT2D eigenvalue weighted by molar-refractivity contribution is -0.156. The van der Waals surface area contributed by atoms with Gasteiger partial charge in [-0.05, 0) is 66.0 Å². The first-order valence-electron chi connectivity index (χ1n) is 16.2. The van der Waals surface area contributed by atoms with Crippen LogP contribution in [0.3, 0.4) is 0 Å². The standard InChI is InChI=1S/C34H55IO4/c1-3-5-7-9-11-13-15-17-19-21-33(36)38-31-25-26-32(30-27-28(35)23-24-29(30)31)39-34(37)22-20-18-16-14-12-10-8-6-4-2/h23-24,27,31-32H,3-22,25-26H2,1-2H3. The summed E-state index contributed by atoms with van der Waals surface area (Å²) in [4.78, 5) is 25.2. The van der Waals surface area contributed by atoms with Gasteiger partial charge in [0, 0.05) is 22.0 Å². The number of benzene rings is 1. The van der Waals surface area contributed by atoms with Gasteiger partial charge in [-0.2, -0.15) is 0 Å². The van der Waals surface area contributed by atoms with Crippen LogP contribution in [0.1, 0.15) is 178 Å². The topological polar surface area (TPSA) is 52.6 Å². The van der Waals surface area contributed by atoms with Crippen molar-refractivity contribution in [3.05, 3.63) is 32.9 Å². The quantitative estimate of drug-likeness (QED) is 0.0709. The average Bonchev–Trinajstić information content (AvgIpc) is 2.92. The maximum Gasteiger partial charge on any atom is 0.306 e. The van der Waals surface area contributed by atoms with Crippen LogP contribution in [0.4, 0.5) is 0 Å². The normalized spacial score (nSPS) is 16.6. The van der Waals surface area contributed by atoms with Crippen LogP contribution in [0, 0.1) is 3.57 Å². The molecule has 1 aliphatic carbocycles. The molecule has 0 saturated heterocycles. The summed E-state index contributed by atoms with van der Waals surface area (Å²) in [6.07, 6.45) is 24.1. The van der Waals surface area contributed by atoms with Crippen molar-refractivity contribution < 1.29 is 19.1 Å². The molecule has 2 rings (SSSR count). The number of carbonyl (C=O) groups is 2. The van der Waals surface area contributed by atoms with E-state index in [2.05, 4.69) is 42.5 Å². The molecule has 0 N–H and O–H groups in total. The Hall–Kier alpha value is -1.11. The third-order valence-corrected chi connectivity index (χ3v) is 8.62. The summed E-state index contributed by atoms with van der Waals surface area (Å²) in [6, 6.07) is 6.19. The van der Waals surface area contributed by atoms with E-state index in [0.717, 1.165) is 40.4 Å². The Kier molecular flexibility index (Phi) is 18.9. The molecule has 1 aromatic rings. The van der Waals surface area contributed by atoms with Crippen molar-refractivity contribution in [1.29, 1.82) is 0 Å². The number of halogens is 1. The number of rotatable bonds is 22. The van der Waals surface area contributed by atoms with Gasteiger partial charge >= 0.3 is 11.9 Å². The van der Waals surface area contributed by atoms with Gasteiger partial charge in [0.1, 0.15) is 12.2 Å². The van der Waals surface area contributed by atoms with E-state index in [4.69, 9.17) is 9.47 Å². The molecule has 0 amide bonds. The minimum absolute atomic E-state index is 0.103. The van der Waals surface area contributed by atoms with E-state index in [1.807, 2.05) is 12.1 Å². The maximum absolute atomic E-state index is 12.6. The van der Waals surface area contributed by atoms with E-state index in [1.54, 1.807) is 0 Å². The van der Waals surface area contributed by atoms with Crippen molar-refractivity contribution in [3.63, 3.8) is 0 Å². The second-order valence-electron chi connectivity index (χ2n) is 11.5. The highest BCUT2D eigenvalue weighted by Gasteiger charge is 2.31. The van der Waals surface area contributed by atoms with E-state index >= 15 is 0 Å². The molecule has 0 heterocycles. The maximum atomic E-state index is 12.6. The molecular weight excluding hydrogens is 599 g/mol. The van der Waals surface area contributed by atoms with Crippen LogP contribution in [-0.2, 0) is 19.1 Å². The SMILES string of the molecule is CCCCCCCCCCCC(=O)OC1CCC(OC(=O)CCCCCCCCCCC)c2cc(I)ccc21. The summed E-state index contributed by atoms with van der Waals surface area (Å²) in [5, 5.41) is 0. The highest BCUT2D eigenvalue weighted by atomic mass is 127. The summed E-state index contributed by atoms with van der Waals surface area (Å²) < 4.78 is 13.0. The fourth-order valence-electron chi connectivity index (χ4n) is 5.57. The average molecular weight is 655 g/mol. The Labute approximate surface area is 252 Å². The molecular formula is C34H55IO4.